The van der Waals surface area contributed by atoms with Crippen LogP contribution in [-0.2, 0) is 0 Å². The van der Waals surface area contributed by atoms with Gasteiger partial charge in [-0.3, -0.25) is 0 Å². The molecule has 0 radical (unpaired) electrons. The Balaban J connectivity index is 1.86. The molecule has 3 rings (SSSR count). The molecule has 0 saturated heterocycles. The van der Waals surface area contributed by atoms with Gasteiger partial charge in [-0.25, -0.2) is 4.98 Å². The number of aliphatic hydroxyl groups excluding tert-OH is 1. The number of aromatic nitrogens is 1. The number of thiazole rings is 1. The Labute approximate surface area is 131 Å². The Bertz CT molecular complexity index is 830. The van der Waals surface area contributed by atoms with Crippen molar-refractivity contribution >= 4 is 27.1 Å². The third kappa shape index (κ3) is 2.92. The van der Waals surface area contributed by atoms with Crippen molar-refractivity contribution in [3.63, 3.8) is 0 Å². The molecule has 0 spiro atoms. The van der Waals surface area contributed by atoms with E-state index in [1.807, 2.05) is 48.5 Å². The van der Waals surface area contributed by atoms with Gasteiger partial charge in [0.1, 0.15) is 29.0 Å². The average Bonchev–Trinajstić information content (AvgIpc) is 2.98. The van der Waals surface area contributed by atoms with Gasteiger partial charge in [0, 0.05) is 0 Å². The van der Waals surface area contributed by atoms with E-state index in [-0.39, 0.29) is 17.9 Å². The van der Waals surface area contributed by atoms with Crippen molar-refractivity contribution in [3.05, 3.63) is 65.4 Å². The van der Waals surface area contributed by atoms with Crippen molar-refractivity contribution in [2.45, 2.75) is 0 Å². The fourth-order valence-corrected chi connectivity index (χ4v) is 2.94. The average molecular weight is 308 g/mol. The fraction of sp³-hybridized carbons (Fsp3) is 0.0588. The Morgan fingerprint density at radius 2 is 1.86 bits per heavy atom. The highest BCUT2D eigenvalue weighted by atomic mass is 32.1. The van der Waals surface area contributed by atoms with Crippen molar-refractivity contribution in [2.24, 2.45) is 0 Å². The zero-order chi connectivity index (χ0) is 15.4. The van der Waals surface area contributed by atoms with Crippen LogP contribution in [0.3, 0.4) is 0 Å². The van der Waals surface area contributed by atoms with Gasteiger partial charge >= 0.3 is 0 Å². The van der Waals surface area contributed by atoms with E-state index < -0.39 is 0 Å². The Hall–Kier alpha value is -2.84. The third-order valence-electron chi connectivity index (χ3n) is 3.03. The maximum absolute atomic E-state index is 10.1. The molecule has 108 valence electrons. The predicted octanol–water partition coefficient (Wildman–Crippen LogP) is 4.17. The summed E-state index contributed by atoms with van der Waals surface area (Å²) in [6.07, 6.45) is 0. The highest BCUT2D eigenvalue weighted by Crippen LogP contribution is 2.28. The van der Waals surface area contributed by atoms with Crippen molar-refractivity contribution in [3.8, 4) is 11.8 Å². The van der Waals surface area contributed by atoms with Gasteiger partial charge in [0.15, 0.2) is 5.76 Å². The molecular weight excluding hydrogens is 296 g/mol. The first-order valence-electron chi connectivity index (χ1n) is 6.64. The molecule has 0 aliphatic heterocycles. The monoisotopic (exact) mass is 308 g/mol. The lowest BCUT2D eigenvalue weighted by Crippen LogP contribution is -2.03. The predicted molar refractivity (Wildman–Crippen MR) is 86.7 cm³/mol. The molecule has 0 unspecified atom stereocenters. The van der Waals surface area contributed by atoms with E-state index in [0.29, 0.717) is 10.8 Å². The second-order valence-electron chi connectivity index (χ2n) is 4.52. The number of nitriles is 1. The second kappa shape index (κ2) is 6.29. The summed E-state index contributed by atoms with van der Waals surface area (Å²) in [5.41, 5.74) is 0.962. The summed E-state index contributed by atoms with van der Waals surface area (Å²) in [5.74, 6) is 0.515. The van der Waals surface area contributed by atoms with E-state index in [4.69, 9.17) is 4.74 Å². The molecule has 0 aliphatic rings. The topological polar surface area (TPSA) is 66.1 Å². The van der Waals surface area contributed by atoms with Crippen molar-refractivity contribution in [2.75, 3.05) is 6.61 Å². The van der Waals surface area contributed by atoms with E-state index >= 15 is 0 Å². The van der Waals surface area contributed by atoms with Crippen LogP contribution in [0.15, 0.2) is 60.4 Å². The van der Waals surface area contributed by atoms with E-state index in [1.54, 1.807) is 12.1 Å². The van der Waals surface area contributed by atoms with Gasteiger partial charge in [-0.1, -0.05) is 30.3 Å². The number of hydrogen-bond acceptors (Lipinski definition) is 5. The molecule has 0 saturated carbocycles. The molecule has 2 aromatic carbocycles. The minimum atomic E-state index is -0.120. The third-order valence-corrected chi connectivity index (χ3v) is 4.08. The lowest BCUT2D eigenvalue weighted by Gasteiger charge is -2.06. The van der Waals surface area contributed by atoms with E-state index in [0.717, 1.165) is 10.2 Å². The van der Waals surface area contributed by atoms with Crippen molar-refractivity contribution in [1.82, 2.24) is 4.98 Å². The molecule has 1 N–H and O–H groups in total. The Kier molecular flexibility index (Phi) is 4.03. The number of rotatable bonds is 4. The van der Waals surface area contributed by atoms with Gasteiger partial charge in [0.2, 0.25) is 0 Å². The quantitative estimate of drug-likeness (QED) is 0.580. The Morgan fingerprint density at radius 3 is 2.59 bits per heavy atom. The van der Waals surface area contributed by atoms with Crippen LogP contribution in [0.25, 0.3) is 15.8 Å². The van der Waals surface area contributed by atoms with Crippen LogP contribution in [0.4, 0.5) is 0 Å². The first-order chi connectivity index (χ1) is 10.8. The molecule has 0 fully saturated rings. The van der Waals surface area contributed by atoms with Crippen molar-refractivity contribution < 1.29 is 9.84 Å². The molecule has 4 nitrogen and oxygen atoms in total. The molecule has 0 atom stereocenters. The summed E-state index contributed by atoms with van der Waals surface area (Å²) in [7, 11) is 0. The lowest BCUT2D eigenvalue weighted by molar-refractivity contribution is 0.272. The van der Waals surface area contributed by atoms with Gasteiger partial charge in [0.25, 0.3) is 0 Å². The van der Waals surface area contributed by atoms with Gasteiger partial charge in [-0.2, -0.15) is 5.26 Å². The summed E-state index contributed by atoms with van der Waals surface area (Å²) < 4.78 is 6.44. The Morgan fingerprint density at radius 1 is 1.14 bits per heavy atom. The minimum absolute atomic E-state index is 0.0666. The molecule has 0 bridgehead atoms. The fourth-order valence-electron chi connectivity index (χ4n) is 1.96. The summed E-state index contributed by atoms with van der Waals surface area (Å²) in [6, 6.07) is 18.8. The van der Waals surface area contributed by atoms with Crippen LogP contribution in [-0.4, -0.2) is 16.7 Å². The first-order valence-corrected chi connectivity index (χ1v) is 7.45. The first kappa shape index (κ1) is 14.1. The van der Waals surface area contributed by atoms with E-state index in [1.165, 1.54) is 11.3 Å². The number of para-hydroxylation sites is 2. The molecule has 0 amide bonds. The molecule has 1 heterocycles. The van der Waals surface area contributed by atoms with Crippen LogP contribution in [0.2, 0.25) is 0 Å². The summed E-state index contributed by atoms with van der Waals surface area (Å²) in [4.78, 5) is 4.38. The van der Waals surface area contributed by atoms with Gasteiger partial charge < -0.3 is 9.84 Å². The molecule has 22 heavy (non-hydrogen) atoms. The summed E-state index contributed by atoms with van der Waals surface area (Å²) >= 11 is 1.37. The number of nitrogens with zero attached hydrogens (tertiary/aromatic N) is 2. The van der Waals surface area contributed by atoms with Crippen molar-refractivity contribution in [1.29, 1.82) is 5.26 Å². The number of hydrogen-bond donors (Lipinski definition) is 1. The highest BCUT2D eigenvalue weighted by molar-refractivity contribution is 7.19. The zero-order valence-electron chi connectivity index (χ0n) is 11.6. The van der Waals surface area contributed by atoms with Crippen LogP contribution >= 0.6 is 11.3 Å². The van der Waals surface area contributed by atoms with Crippen LogP contribution in [0.5, 0.6) is 5.75 Å². The summed E-state index contributed by atoms with van der Waals surface area (Å²) in [6.45, 7) is -0.0666. The van der Waals surface area contributed by atoms with E-state index in [2.05, 4.69) is 4.98 Å². The molecule has 5 heteroatoms. The normalized spacial score (nSPS) is 11.8. The van der Waals surface area contributed by atoms with Crippen LogP contribution in [0, 0.1) is 11.3 Å². The maximum atomic E-state index is 10.1. The molecule has 0 aliphatic carbocycles. The smallest absolute Gasteiger partial charge is 0.151 e. The minimum Gasteiger partial charge on any atom is -0.507 e. The number of benzene rings is 2. The lowest BCUT2D eigenvalue weighted by atomic mass is 10.2. The number of aliphatic hydroxyl groups is 1. The molecule has 3 aromatic rings. The summed E-state index contributed by atoms with van der Waals surface area (Å²) in [5, 5.41) is 20.0. The van der Waals surface area contributed by atoms with Gasteiger partial charge in [-0.15, -0.1) is 11.3 Å². The SMILES string of the molecule is N#C/C(=C(\O)COc1ccccc1)c1nc2ccccc2s1. The van der Waals surface area contributed by atoms with Crippen LogP contribution < -0.4 is 4.74 Å². The van der Waals surface area contributed by atoms with E-state index in [9.17, 15) is 10.4 Å². The molecular formula is C17H12N2O2S. The van der Waals surface area contributed by atoms with Crippen LogP contribution in [0.1, 0.15) is 5.01 Å². The zero-order valence-corrected chi connectivity index (χ0v) is 12.4. The standard InChI is InChI=1S/C17H12N2O2S/c18-10-13(15(20)11-21-12-6-2-1-3-7-12)17-19-14-8-4-5-9-16(14)22-17/h1-9,20H,11H2/b15-13+. The maximum Gasteiger partial charge on any atom is 0.151 e. The number of allylic oxidation sites excluding steroid dienone is 1. The number of fused-ring (bicyclic) bond motifs is 1. The van der Waals surface area contributed by atoms with Gasteiger partial charge in [-0.05, 0) is 24.3 Å². The van der Waals surface area contributed by atoms with Gasteiger partial charge in [0.05, 0.1) is 10.2 Å². The highest BCUT2D eigenvalue weighted by Gasteiger charge is 2.14. The largest absolute Gasteiger partial charge is 0.507 e. The number of ether oxygens (including phenoxy) is 1. The second-order valence-corrected chi connectivity index (χ2v) is 5.55. The molecule has 1 aromatic heterocycles.